The van der Waals surface area contributed by atoms with E-state index in [0.29, 0.717) is 5.95 Å². The smallest absolute Gasteiger partial charge is 0.225 e. The number of likely N-dealkylation sites (N-methyl/N-ethyl adjacent to an activating group) is 1. The minimum atomic E-state index is 0.674. The van der Waals surface area contributed by atoms with Gasteiger partial charge >= 0.3 is 0 Å². The van der Waals surface area contributed by atoms with E-state index >= 15 is 0 Å². The summed E-state index contributed by atoms with van der Waals surface area (Å²) in [5.74, 6) is 1.53. The first kappa shape index (κ1) is 19.1. The molecule has 6 nitrogen and oxygen atoms in total. The van der Waals surface area contributed by atoms with E-state index in [1.807, 2.05) is 24.3 Å². The molecule has 1 aromatic carbocycles. The van der Waals surface area contributed by atoms with Crippen LogP contribution in [0.3, 0.4) is 0 Å². The fourth-order valence-electron chi connectivity index (χ4n) is 2.38. The summed E-state index contributed by atoms with van der Waals surface area (Å²) in [5.41, 5.74) is 2.02. The Kier molecular flexibility index (Phi) is 7.63. The van der Waals surface area contributed by atoms with Crippen molar-refractivity contribution in [2.24, 2.45) is 0 Å². The summed E-state index contributed by atoms with van der Waals surface area (Å²) in [6.07, 6.45) is 1.05. The molecule has 2 rings (SSSR count). The molecule has 136 valence electrons. The Labute approximate surface area is 151 Å². The van der Waals surface area contributed by atoms with Crippen molar-refractivity contribution in [3.63, 3.8) is 0 Å². The maximum atomic E-state index is 4.68. The number of rotatable bonds is 10. The number of aromatic nitrogens is 2. The van der Waals surface area contributed by atoms with E-state index in [2.05, 4.69) is 70.7 Å². The third kappa shape index (κ3) is 7.07. The van der Waals surface area contributed by atoms with Crippen LogP contribution in [-0.2, 0) is 0 Å². The highest BCUT2D eigenvalue weighted by Crippen LogP contribution is 2.21. The Morgan fingerprint density at radius 3 is 2.24 bits per heavy atom. The number of nitrogens with zero attached hydrogens (tertiary/aromatic N) is 4. The van der Waals surface area contributed by atoms with E-state index in [1.54, 1.807) is 0 Å². The Morgan fingerprint density at radius 2 is 1.56 bits per heavy atom. The van der Waals surface area contributed by atoms with Crippen LogP contribution < -0.4 is 10.6 Å². The molecule has 0 radical (unpaired) electrons. The zero-order valence-corrected chi connectivity index (χ0v) is 15.8. The monoisotopic (exact) mass is 342 g/mol. The van der Waals surface area contributed by atoms with E-state index in [9.17, 15) is 0 Å². The molecule has 0 saturated heterocycles. The van der Waals surface area contributed by atoms with Crippen molar-refractivity contribution < 1.29 is 0 Å². The second-order valence-electron chi connectivity index (χ2n) is 6.64. The molecule has 2 N–H and O–H groups in total. The molecule has 0 bridgehead atoms. The quantitative estimate of drug-likeness (QED) is 0.647. The second kappa shape index (κ2) is 9.96. The maximum absolute atomic E-state index is 4.68. The topological polar surface area (TPSA) is 56.3 Å². The Bertz CT molecular complexity index is 627. The fourth-order valence-corrected chi connectivity index (χ4v) is 2.38. The average molecular weight is 342 g/mol. The van der Waals surface area contributed by atoms with Gasteiger partial charge in [0, 0.05) is 31.3 Å². The van der Waals surface area contributed by atoms with Crippen molar-refractivity contribution >= 4 is 11.8 Å². The van der Waals surface area contributed by atoms with Crippen LogP contribution in [0.4, 0.5) is 11.8 Å². The van der Waals surface area contributed by atoms with E-state index in [4.69, 9.17) is 0 Å². The van der Waals surface area contributed by atoms with E-state index < -0.39 is 0 Å². The van der Waals surface area contributed by atoms with Crippen molar-refractivity contribution in [2.45, 2.75) is 6.42 Å². The summed E-state index contributed by atoms with van der Waals surface area (Å²) in [6, 6.07) is 12.2. The Hall–Kier alpha value is -2.18. The minimum absolute atomic E-state index is 0.674. The molecule has 0 spiro atoms. The average Bonchev–Trinajstić information content (AvgIpc) is 2.59. The van der Waals surface area contributed by atoms with Gasteiger partial charge in [-0.3, -0.25) is 0 Å². The van der Waals surface area contributed by atoms with Crippen LogP contribution >= 0.6 is 0 Å². The first-order valence-electron chi connectivity index (χ1n) is 8.76. The van der Waals surface area contributed by atoms with Gasteiger partial charge < -0.3 is 20.4 Å². The zero-order chi connectivity index (χ0) is 18.1. The van der Waals surface area contributed by atoms with Gasteiger partial charge in [-0.25, -0.2) is 4.98 Å². The molecule has 1 aromatic heterocycles. The lowest BCUT2D eigenvalue weighted by molar-refractivity contribution is 0.405. The van der Waals surface area contributed by atoms with E-state index in [0.717, 1.165) is 49.7 Å². The molecule has 0 unspecified atom stereocenters. The lowest BCUT2D eigenvalue weighted by Gasteiger charge is -2.14. The highest BCUT2D eigenvalue weighted by molar-refractivity contribution is 5.64. The summed E-state index contributed by atoms with van der Waals surface area (Å²) >= 11 is 0. The standard InChI is InChI=1S/C19H30N6/c1-24(2)13-8-11-21-19-22-17(16-9-6-5-7-10-16)15-18(23-19)20-12-14-25(3)4/h5-7,9-10,15H,8,11-14H2,1-4H3,(H2,20,21,22,23). The highest BCUT2D eigenvalue weighted by Gasteiger charge is 2.07. The minimum Gasteiger partial charge on any atom is -0.369 e. The summed E-state index contributed by atoms with van der Waals surface area (Å²) in [6.45, 7) is 3.70. The van der Waals surface area contributed by atoms with Crippen LogP contribution in [0.5, 0.6) is 0 Å². The number of hydrogen-bond acceptors (Lipinski definition) is 6. The van der Waals surface area contributed by atoms with Crippen LogP contribution in [0, 0.1) is 0 Å². The number of benzene rings is 1. The van der Waals surface area contributed by atoms with Gasteiger partial charge in [-0.15, -0.1) is 0 Å². The second-order valence-corrected chi connectivity index (χ2v) is 6.64. The van der Waals surface area contributed by atoms with Gasteiger partial charge in [0.15, 0.2) is 0 Å². The van der Waals surface area contributed by atoms with Crippen LogP contribution in [-0.4, -0.2) is 74.1 Å². The third-order valence-electron chi connectivity index (χ3n) is 3.73. The molecule has 0 aliphatic heterocycles. The normalized spacial score (nSPS) is 11.1. The molecule has 0 amide bonds. The van der Waals surface area contributed by atoms with Crippen molar-refractivity contribution in [2.75, 3.05) is 65.0 Å². The van der Waals surface area contributed by atoms with Crippen LogP contribution in [0.1, 0.15) is 6.42 Å². The van der Waals surface area contributed by atoms with E-state index in [1.165, 1.54) is 0 Å². The molecule has 0 aliphatic carbocycles. The molecule has 1 heterocycles. The largest absolute Gasteiger partial charge is 0.369 e. The molecule has 0 saturated carbocycles. The van der Waals surface area contributed by atoms with Crippen molar-refractivity contribution in [1.82, 2.24) is 19.8 Å². The highest BCUT2D eigenvalue weighted by atomic mass is 15.2. The molecule has 0 aliphatic rings. The van der Waals surface area contributed by atoms with E-state index in [-0.39, 0.29) is 0 Å². The van der Waals surface area contributed by atoms with Gasteiger partial charge in [-0.05, 0) is 41.2 Å². The van der Waals surface area contributed by atoms with Gasteiger partial charge in [0.1, 0.15) is 5.82 Å². The third-order valence-corrected chi connectivity index (χ3v) is 3.73. The molecular weight excluding hydrogens is 312 g/mol. The molecule has 25 heavy (non-hydrogen) atoms. The number of nitrogens with one attached hydrogen (secondary N) is 2. The first-order valence-corrected chi connectivity index (χ1v) is 8.76. The first-order chi connectivity index (χ1) is 12.0. The fraction of sp³-hybridized carbons (Fsp3) is 0.474. The molecule has 0 atom stereocenters. The van der Waals surface area contributed by atoms with Gasteiger partial charge in [-0.1, -0.05) is 30.3 Å². The van der Waals surface area contributed by atoms with Crippen molar-refractivity contribution in [3.05, 3.63) is 36.4 Å². The van der Waals surface area contributed by atoms with Gasteiger partial charge in [0.25, 0.3) is 0 Å². The zero-order valence-electron chi connectivity index (χ0n) is 15.8. The lowest BCUT2D eigenvalue weighted by Crippen LogP contribution is -2.21. The number of hydrogen-bond donors (Lipinski definition) is 2. The summed E-state index contributed by atoms with van der Waals surface area (Å²) < 4.78 is 0. The molecule has 6 heteroatoms. The van der Waals surface area contributed by atoms with Gasteiger partial charge in [-0.2, -0.15) is 4.98 Å². The predicted octanol–water partition coefficient (Wildman–Crippen LogP) is 2.48. The molecular formula is C19H30N6. The summed E-state index contributed by atoms with van der Waals surface area (Å²) in [7, 11) is 8.29. The Balaban J connectivity index is 2.10. The van der Waals surface area contributed by atoms with Crippen LogP contribution in [0.15, 0.2) is 36.4 Å². The molecule has 2 aromatic rings. The summed E-state index contributed by atoms with van der Waals surface area (Å²) in [5, 5.41) is 6.74. The molecule has 0 fully saturated rings. The summed E-state index contributed by atoms with van der Waals surface area (Å²) in [4.78, 5) is 13.6. The lowest BCUT2D eigenvalue weighted by atomic mass is 10.1. The van der Waals surface area contributed by atoms with Crippen LogP contribution in [0.25, 0.3) is 11.3 Å². The van der Waals surface area contributed by atoms with Crippen LogP contribution in [0.2, 0.25) is 0 Å². The van der Waals surface area contributed by atoms with Gasteiger partial charge in [0.2, 0.25) is 5.95 Å². The predicted molar refractivity (Wildman–Crippen MR) is 106 cm³/mol. The van der Waals surface area contributed by atoms with Crippen molar-refractivity contribution in [1.29, 1.82) is 0 Å². The number of anilines is 2. The maximum Gasteiger partial charge on any atom is 0.225 e. The SMILES string of the molecule is CN(C)CCCNc1nc(NCCN(C)C)cc(-c2ccccc2)n1. The van der Waals surface area contributed by atoms with Crippen molar-refractivity contribution in [3.8, 4) is 11.3 Å². The Morgan fingerprint density at radius 1 is 0.840 bits per heavy atom. The van der Waals surface area contributed by atoms with Gasteiger partial charge in [0.05, 0.1) is 5.69 Å².